The molecule has 0 aromatic heterocycles. The number of hydrogen-bond donors (Lipinski definition) is 3. The largest absolute Gasteiger partial charge is 0.462 e. The maximum Gasteiger partial charge on any atom is 0.306 e. The van der Waals surface area contributed by atoms with E-state index in [0.717, 1.165) is 63.7 Å². The van der Waals surface area contributed by atoms with Crippen molar-refractivity contribution in [3.63, 3.8) is 0 Å². The van der Waals surface area contributed by atoms with Gasteiger partial charge in [0.25, 0.3) is 0 Å². The molecule has 1 fully saturated rings. The molecule has 0 unspecified atom stereocenters. The molecule has 0 aromatic carbocycles. The summed E-state index contributed by atoms with van der Waals surface area (Å²) in [6.45, 7) is 6.18. The number of esters is 2. The van der Waals surface area contributed by atoms with Crippen LogP contribution >= 0.6 is 0 Å². The molecule has 0 spiro atoms. The van der Waals surface area contributed by atoms with Gasteiger partial charge in [-0.05, 0) is 31.6 Å². The van der Waals surface area contributed by atoms with Crippen molar-refractivity contribution in [2.45, 2.75) is 200 Å². The minimum atomic E-state index is -0.842. The van der Waals surface area contributed by atoms with E-state index in [1.807, 2.05) is 6.08 Å². The maximum absolute atomic E-state index is 12.5. The van der Waals surface area contributed by atoms with Gasteiger partial charge in [0.1, 0.15) is 12.4 Å². The van der Waals surface area contributed by atoms with Crippen LogP contribution in [-0.2, 0) is 23.9 Å². The first kappa shape index (κ1) is 45.3. The topological polar surface area (TPSA) is 130 Å². The monoisotopic (exact) mass is 695 g/mol. The summed E-state index contributed by atoms with van der Waals surface area (Å²) in [7, 11) is 0. The van der Waals surface area contributed by atoms with Crippen LogP contribution in [-0.4, -0.2) is 64.6 Å². The molecular weight excluding hydrogens is 620 g/mol. The number of ketones is 1. The third-order valence-electron chi connectivity index (χ3n) is 9.88. The Balaban J connectivity index is 2.07. The second kappa shape index (κ2) is 29.9. The smallest absolute Gasteiger partial charge is 0.306 e. The highest BCUT2D eigenvalue weighted by Crippen LogP contribution is 2.34. The average Bonchev–Trinajstić information content (AvgIpc) is 3.34. The summed E-state index contributed by atoms with van der Waals surface area (Å²) in [5.74, 6) is -0.313. The lowest BCUT2D eigenvalue weighted by Crippen LogP contribution is -2.28. The zero-order chi connectivity index (χ0) is 36.1. The summed E-state index contributed by atoms with van der Waals surface area (Å²) in [5.41, 5.74) is 0. The molecule has 0 heterocycles. The molecule has 0 saturated heterocycles. The van der Waals surface area contributed by atoms with E-state index in [-0.39, 0.29) is 55.6 Å². The Morgan fingerprint density at radius 3 is 1.88 bits per heavy atom. The van der Waals surface area contributed by atoms with Crippen LogP contribution in [0.3, 0.4) is 0 Å². The first-order valence-corrected chi connectivity index (χ1v) is 20.2. The van der Waals surface area contributed by atoms with E-state index in [2.05, 4.69) is 20.8 Å². The predicted molar refractivity (Wildman–Crippen MR) is 197 cm³/mol. The van der Waals surface area contributed by atoms with E-state index in [4.69, 9.17) is 9.47 Å². The molecule has 1 aliphatic carbocycles. The van der Waals surface area contributed by atoms with Crippen molar-refractivity contribution < 1.29 is 39.2 Å². The fraction of sp³-hybridized carbons (Fsp3) is 0.878. The van der Waals surface area contributed by atoms with Gasteiger partial charge < -0.3 is 24.8 Å². The molecule has 8 heteroatoms. The van der Waals surface area contributed by atoms with Gasteiger partial charge in [-0.15, -0.1) is 0 Å². The summed E-state index contributed by atoms with van der Waals surface area (Å²) in [6, 6.07) is 0. The summed E-state index contributed by atoms with van der Waals surface area (Å²) >= 11 is 0. The van der Waals surface area contributed by atoms with E-state index in [9.17, 15) is 29.7 Å². The Bertz CT molecular complexity index is 872. The molecule has 8 nitrogen and oxygen atoms in total. The molecular formula is C41H74O8. The fourth-order valence-electron chi connectivity index (χ4n) is 6.75. The molecule has 1 aliphatic rings. The molecule has 286 valence electrons. The second-order valence-electron chi connectivity index (χ2n) is 15.0. The minimum Gasteiger partial charge on any atom is -0.462 e. The van der Waals surface area contributed by atoms with Gasteiger partial charge in [-0.2, -0.15) is 0 Å². The molecule has 1 rings (SSSR count). The number of ether oxygens (including phenoxy) is 2. The predicted octanol–water partition coefficient (Wildman–Crippen LogP) is 8.96. The van der Waals surface area contributed by atoms with Gasteiger partial charge in [-0.25, -0.2) is 0 Å². The number of hydrogen-bond acceptors (Lipinski definition) is 8. The summed E-state index contributed by atoms with van der Waals surface area (Å²) in [4.78, 5) is 36.9. The van der Waals surface area contributed by atoms with Crippen LogP contribution in [0.4, 0.5) is 0 Å². The Morgan fingerprint density at radius 1 is 0.776 bits per heavy atom. The quantitative estimate of drug-likeness (QED) is 0.0362. The molecule has 5 atom stereocenters. The van der Waals surface area contributed by atoms with Gasteiger partial charge in [0, 0.05) is 31.1 Å². The highest BCUT2D eigenvalue weighted by molar-refractivity contribution is 5.84. The Hall–Kier alpha value is -1.77. The van der Waals surface area contributed by atoms with Crippen LogP contribution in [0.25, 0.3) is 0 Å². The molecule has 0 bridgehead atoms. The molecule has 0 aliphatic heterocycles. The van der Waals surface area contributed by atoms with Crippen LogP contribution in [0, 0.1) is 17.8 Å². The lowest BCUT2D eigenvalue weighted by molar-refractivity contribution is -0.161. The summed E-state index contributed by atoms with van der Waals surface area (Å²) in [5, 5.41) is 30.2. The van der Waals surface area contributed by atoms with Crippen LogP contribution in [0.2, 0.25) is 0 Å². The van der Waals surface area contributed by atoms with E-state index in [1.165, 1.54) is 64.2 Å². The zero-order valence-corrected chi connectivity index (χ0v) is 31.6. The summed E-state index contributed by atoms with van der Waals surface area (Å²) in [6.07, 6.45) is 26.0. The number of carbonyl (C=O) groups is 3. The highest BCUT2D eigenvalue weighted by Gasteiger charge is 2.39. The van der Waals surface area contributed by atoms with Crippen LogP contribution < -0.4 is 0 Å². The van der Waals surface area contributed by atoms with E-state index in [0.29, 0.717) is 25.7 Å². The van der Waals surface area contributed by atoms with Crippen molar-refractivity contribution in [3.05, 3.63) is 12.2 Å². The maximum atomic E-state index is 12.5. The Morgan fingerprint density at radius 2 is 1.31 bits per heavy atom. The molecule has 1 saturated carbocycles. The lowest BCUT2D eigenvalue weighted by Gasteiger charge is -2.18. The van der Waals surface area contributed by atoms with Gasteiger partial charge in [-0.3, -0.25) is 14.4 Å². The molecule has 49 heavy (non-hydrogen) atoms. The fourth-order valence-corrected chi connectivity index (χ4v) is 6.75. The first-order valence-electron chi connectivity index (χ1n) is 20.2. The number of Topliss-reactive ketones (excluding diaryl/α,β-unsaturated/α-hetero) is 1. The Labute approximate surface area is 299 Å². The van der Waals surface area contributed by atoms with Gasteiger partial charge in [0.15, 0.2) is 6.10 Å². The number of rotatable bonds is 32. The SMILES string of the molecule is CCCCC[C@H](O)/C=C/[C@H]1[C@H](O)CC(=O)[C@@H]1CCCCCCC(=O)OC[C@H](CO)OC(=O)CCCCCCCCCCCCCCC(C)C. The number of carbonyl (C=O) groups excluding carboxylic acids is 3. The zero-order valence-electron chi connectivity index (χ0n) is 31.6. The van der Waals surface area contributed by atoms with Crippen LogP contribution in [0.5, 0.6) is 0 Å². The molecule has 0 amide bonds. The normalized spacial score (nSPS) is 19.2. The van der Waals surface area contributed by atoms with E-state index >= 15 is 0 Å². The lowest BCUT2D eigenvalue weighted by atomic mass is 9.88. The number of unbranched alkanes of at least 4 members (excludes halogenated alkanes) is 16. The van der Waals surface area contributed by atoms with Gasteiger partial charge in [-0.1, -0.05) is 148 Å². The van der Waals surface area contributed by atoms with Crippen LogP contribution in [0.1, 0.15) is 181 Å². The third kappa shape index (κ3) is 24.1. The third-order valence-corrected chi connectivity index (χ3v) is 9.88. The molecule has 3 N–H and O–H groups in total. The molecule has 0 aromatic rings. The van der Waals surface area contributed by atoms with Gasteiger partial charge in [0.2, 0.25) is 0 Å². The highest BCUT2D eigenvalue weighted by atomic mass is 16.6. The van der Waals surface area contributed by atoms with E-state index in [1.54, 1.807) is 6.08 Å². The number of aliphatic hydroxyl groups is 3. The van der Waals surface area contributed by atoms with Gasteiger partial charge in [0.05, 0.1) is 18.8 Å². The second-order valence-corrected chi connectivity index (χ2v) is 15.0. The first-order chi connectivity index (χ1) is 23.7. The van der Waals surface area contributed by atoms with Crippen molar-refractivity contribution in [2.24, 2.45) is 17.8 Å². The average molecular weight is 695 g/mol. The molecule has 0 radical (unpaired) electrons. The van der Waals surface area contributed by atoms with Crippen LogP contribution in [0.15, 0.2) is 12.2 Å². The minimum absolute atomic E-state index is 0.0831. The van der Waals surface area contributed by atoms with E-state index < -0.39 is 18.3 Å². The Kier molecular flexibility index (Phi) is 27.6. The number of aliphatic hydroxyl groups excluding tert-OH is 3. The van der Waals surface area contributed by atoms with Crippen molar-refractivity contribution in [1.29, 1.82) is 0 Å². The standard InChI is InChI=1S/C41H74O8/c1-4-5-18-24-34(43)28-29-37-36(38(44)30-39(37)45)25-20-16-17-21-26-40(46)48-32-35(31-42)49-41(47)27-22-15-13-11-9-7-6-8-10-12-14-19-23-33(2)3/h28-29,33-37,39,42-43,45H,4-27,30-32H2,1-3H3/b29-28+/t34-,35-,36+,37+,39+/m0/s1. The van der Waals surface area contributed by atoms with Crippen molar-refractivity contribution >= 4 is 17.7 Å². The summed E-state index contributed by atoms with van der Waals surface area (Å²) < 4.78 is 10.6. The van der Waals surface area contributed by atoms with Crippen molar-refractivity contribution in [2.75, 3.05) is 13.2 Å². The van der Waals surface area contributed by atoms with Crippen molar-refractivity contribution in [3.8, 4) is 0 Å². The van der Waals surface area contributed by atoms with Gasteiger partial charge >= 0.3 is 11.9 Å². The van der Waals surface area contributed by atoms with Crippen molar-refractivity contribution in [1.82, 2.24) is 0 Å².